The normalized spacial score (nSPS) is 9.50. The van der Waals surface area contributed by atoms with Crippen LogP contribution in [0.15, 0.2) is 18.2 Å². The summed E-state index contributed by atoms with van der Waals surface area (Å²) in [5, 5.41) is 8.79. The van der Waals surface area contributed by atoms with E-state index in [9.17, 15) is 9.18 Å². The molecule has 0 aliphatic heterocycles. The molecule has 0 spiro atoms. The number of halogens is 1. The van der Waals surface area contributed by atoms with Gasteiger partial charge < -0.3 is 5.11 Å². The second kappa shape index (κ2) is 3.19. The van der Waals surface area contributed by atoms with E-state index in [-0.39, 0.29) is 11.3 Å². The Morgan fingerprint density at radius 1 is 1.58 bits per heavy atom. The van der Waals surface area contributed by atoms with Gasteiger partial charge in [-0.1, -0.05) is 0 Å². The predicted molar refractivity (Wildman–Crippen MR) is 39.7 cm³/mol. The number of rotatable bonds is 1. The van der Waals surface area contributed by atoms with Gasteiger partial charge >= 0.3 is 0 Å². The number of carbonyl (C=O) groups is 1. The Balaban J connectivity index is 3.09. The fraction of sp³-hybridized carbons (Fsp3) is 0. The number of nitrogens with two attached hydrogens (primary N) is 1. The number of nitrogens with one attached hydrogen (secondary N) is 1. The molecule has 0 unspecified atom stereocenters. The van der Waals surface area contributed by atoms with Crippen LogP contribution in [-0.4, -0.2) is 11.0 Å². The van der Waals surface area contributed by atoms with Crippen LogP contribution in [0.2, 0.25) is 0 Å². The minimum absolute atomic E-state index is 0.199. The number of aromatic hydroxyl groups is 1. The molecule has 0 fully saturated rings. The average Bonchev–Trinajstić information content (AvgIpc) is 2.03. The van der Waals surface area contributed by atoms with Gasteiger partial charge in [0.1, 0.15) is 11.6 Å². The summed E-state index contributed by atoms with van der Waals surface area (Å²) in [4.78, 5) is 10.8. The number of phenols is 1. The number of hydrogen-bond donors (Lipinski definition) is 3. The highest BCUT2D eigenvalue weighted by molar-refractivity contribution is 5.94. The van der Waals surface area contributed by atoms with Crippen molar-refractivity contribution in [3.63, 3.8) is 0 Å². The van der Waals surface area contributed by atoms with Crippen molar-refractivity contribution in [2.45, 2.75) is 0 Å². The van der Waals surface area contributed by atoms with Crippen LogP contribution in [0.4, 0.5) is 4.39 Å². The van der Waals surface area contributed by atoms with Crippen molar-refractivity contribution >= 4 is 5.91 Å². The topological polar surface area (TPSA) is 75.3 Å². The molecule has 0 heterocycles. The molecule has 4 N–H and O–H groups in total. The minimum atomic E-state index is -0.807. The molecule has 1 rings (SSSR count). The number of amides is 1. The first-order chi connectivity index (χ1) is 5.65. The van der Waals surface area contributed by atoms with Crippen molar-refractivity contribution < 1.29 is 14.3 Å². The van der Waals surface area contributed by atoms with E-state index in [2.05, 4.69) is 0 Å². The van der Waals surface area contributed by atoms with Gasteiger partial charge in [0, 0.05) is 6.07 Å². The lowest BCUT2D eigenvalue weighted by Crippen LogP contribution is -2.30. The van der Waals surface area contributed by atoms with Crippen LogP contribution in [0, 0.1) is 5.82 Å². The number of hydrazine groups is 1. The molecule has 1 aromatic carbocycles. The molecular formula is C7H7FN2O2. The number of hydrogen-bond acceptors (Lipinski definition) is 3. The SMILES string of the molecule is NNC(=O)c1ccc(O)cc1F. The van der Waals surface area contributed by atoms with Crippen LogP contribution in [0.5, 0.6) is 5.75 Å². The van der Waals surface area contributed by atoms with Crippen molar-refractivity contribution in [1.82, 2.24) is 5.43 Å². The van der Waals surface area contributed by atoms with Gasteiger partial charge in [-0.15, -0.1) is 0 Å². The molecule has 0 saturated heterocycles. The molecule has 0 aliphatic rings. The first-order valence-electron chi connectivity index (χ1n) is 3.14. The zero-order valence-corrected chi connectivity index (χ0v) is 6.04. The standard InChI is InChI=1S/C7H7FN2O2/c8-6-3-4(11)1-2-5(6)7(12)10-9/h1-3,11H,9H2,(H,10,12). The average molecular weight is 170 g/mol. The van der Waals surface area contributed by atoms with Gasteiger partial charge in [-0.3, -0.25) is 10.2 Å². The summed E-state index contributed by atoms with van der Waals surface area (Å²) < 4.78 is 12.8. The lowest BCUT2D eigenvalue weighted by molar-refractivity contribution is 0.0949. The first-order valence-corrected chi connectivity index (χ1v) is 3.14. The van der Waals surface area contributed by atoms with E-state index in [0.29, 0.717) is 0 Å². The van der Waals surface area contributed by atoms with Crippen LogP contribution in [-0.2, 0) is 0 Å². The fourth-order valence-corrected chi connectivity index (χ4v) is 0.766. The molecule has 0 atom stereocenters. The summed E-state index contributed by atoms with van der Waals surface area (Å²) in [5.41, 5.74) is 1.58. The van der Waals surface area contributed by atoms with Gasteiger partial charge in [0.15, 0.2) is 0 Å². The molecule has 0 bridgehead atoms. The number of carbonyl (C=O) groups excluding carboxylic acids is 1. The third-order valence-electron chi connectivity index (χ3n) is 1.33. The third-order valence-corrected chi connectivity index (χ3v) is 1.33. The molecule has 0 radical (unpaired) electrons. The lowest BCUT2D eigenvalue weighted by atomic mass is 10.2. The van der Waals surface area contributed by atoms with E-state index in [1.165, 1.54) is 6.07 Å². The van der Waals surface area contributed by atoms with E-state index < -0.39 is 11.7 Å². The van der Waals surface area contributed by atoms with Crippen LogP contribution in [0.3, 0.4) is 0 Å². The highest BCUT2D eigenvalue weighted by Gasteiger charge is 2.09. The van der Waals surface area contributed by atoms with Crippen LogP contribution in [0.1, 0.15) is 10.4 Å². The smallest absolute Gasteiger partial charge is 0.268 e. The van der Waals surface area contributed by atoms with Crippen LogP contribution >= 0.6 is 0 Å². The Morgan fingerprint density at radius 3 is 2.75 bits per heavy atom. The highest BCUT2D eigenvalue weighted by Crippen LogP contribution is 2.14. The molecule has 0 saturated carbocycles. The molecular weight excluding hydrogens is 163 g/mol. The Hall–Kier alpha value is -1.62. The van der Waals surface area contributed by atoms with Crippen LogP contribution in [0.25, 0.3) is 0 Å². The summed E-state index contributed by atoms with van der Waals surface area (Å²) in [5.74, 6) is 3.01. The molecule has 1 amide bonds. The highest BCUT2D eigenvalue weighted by atomic mass is 19.1. The zero-order valence-electron chi connectivity index (χ0n) is 6.04. The van der Waals surface area contributed by atoms with Crippen LogP contribution < -0.4 is 11.3 Å². The Bertz CT molecular complexity index is 314. The summed E-state index contributed by atoms with van der Waals surface area (Å²) in [6.07, 6.45) is 0. The molecule has 0 aliphatic carbocycles. The zero-order chi connectivity index (χ0) is 9.14. The van der Waals surface area contributed by atoms with Gasteiger partial charge in [-0.25, -0.2) is 10.2 Å². The van der Waals surface area contributed by atoms with Crippen molar-refractivity contribution in [3.8, 4) is 5.75 Å². The molecule has 5 heteroatoms. The Kier molecular flexibility index (Phi) is 2.25. The number of nitrogen functional groups attached to an aromatic ring is 1. The maximum absolute atomic E-state index is 12.8. The molecule has 0 aromatic heterocycles. The second-order valence-corrected chi connectivity index (χ2v) is 2.14. The second-order valence-electron chi connectivity index (χ2n) is 2.14. The van der Waals surface area contributed by atoms with Gasteiger partial charge in [0.05, 0.1) is 5.56 Å². The van der Waals surface area contributed by atoms with Gasteiger partial charge in [0.25, 0.3) is 5.91 Å². The van der Waals surface area contributed by atoms with E-state index in [0.717, 1.165) is 12.1 Å². The molecule has 64 valence electrons. The van der Waals surface area contributed by atoms with E-state index in [1.807, 2.05) is 0 Å². The Morgan fingerprint density at radius 2 is 2.25 bits per heavy atom. The lowest BCUT2D eigenvalue weighted by Gasteiger charge is -2.00. The van der Waals surface area contributed by atoms with Gasteiger partial charge in [-0.2, -0.15) is 0 Å². The van der Waals surface area contributed by atoms with Crippen molar-refractivity contribution in [2.75, 3.05) is 0 Å². The summed E-state index contributed by atoms with van der Waals surface area (Å²) in [6.45, 7) is 0. The predicted octanol–water partition coefficient (Wildman–Crippen LogP) is 0.135. The van der Waals surface area contributed by atoms with Crippen molar-refractivity contribution in [3.05, 3.63) is 29.6 Å². The largest absolute Gasteiger partial charge is 0.508 e. The maximum atomic E-state index is 12.8. The quantitative estimate of drug-likeness (QED) is 0.318. The minimum Gasteiger partial charge on any atom is -0.508 e. The van der Waals surface area contributed by atoms with Crippen molar-refractivity contribution in [1.29, 1.82) is 0 Å². The summed E-state index contributed by atoms with van der Waals surface area (Å²) in [6, 6.07) is 3.19. The molecule has 1 aromatic rings. The number of benzene rings is 1. The van der Waals surface area contributed by atoms with E-state index in [4.69, 9.17) is 10.9 Å². The summed E-state index contributed by atoms with van der Waals surface area (Å²) >= 11 is 0. The maximum Gasteiger partial charge on any atom is 0.268 e. The third kappa shape index (κ3) is 1.51. The fourth-order valence-electron chi connectivity index (χ4n) is 0.766. The first kappa shape index (κ1) is 8.48. The van der Waals surface area contributed by atoms with E-state index in [1.54, 1.807) is 5.43 Å². The van der Waals surface area contributed by atoms with Gasteiger partial charge in [0.2, 0.25) is 0 Å². The van der Waals surface area contributed by atoms with Crippen molar-refractivity contribution in [2.24, 2.45) is 5.84 Å². The number of phenolic OH excluding ortho intramolecular Hbond substituents is 1. The molecule has 4 nitrogen and oxygen atoms in total. The van der Waals surface area contributed by atoms with E-state index >= 15 is 0 Å². The Labute approximate surface area is 67.8 Å². The molecule has 12 heavy (non-hydrogen) atoms. The monoisotopic (exact) mass is 170 g/mol. The van der Waals surface area contributed by atoms with Gasteiger partial charge in [-0.05, 0) is 12.1 Å². The summed E-state index contributed by atoms with van der Waals surface area (Å²) in [7, 11) is 0.